The smallest absolute Gasteiger partial charge is 0.306 e. The second-order valence-corrected chi connectivity index (χ2v) is 5.51. The summed E-state index contributed by atoms with van der Waals surface area (Å²) in [7, 11) is 0. The highest BCUT2D eigenvalue weighted by atomic mass is 16.5. The molecule has 12 heteroatoms. The number of hydrogen-bond donors (Lipinski definition) is 2. The van der Waals surface area contributed by atoms with Crippen LogP contribution in [-0.2, 0) is 47.7 Å². The maximum absolute atomic E-state index is 10.7. The van der Waals surface area contributed by atoms with E-state index in [1.165, 1.54) is 0 Å². The summed E-state index contributed by atoms with van der Waals surface area (Å²) < 4.78 is 18.5. The van der Waals surface area contributed by atoms with Crippen LogP contribution >= 0.6 is 0 Å². The summed E-state index contributed by atoms with van der Waals surface area (Å²) in [5.41, 5.74) is 0. The van der Waals surface area contributed by atoms with Gasteiger partial charge in [-0.05, 0) is 27.7 Å². The van der Waals surface area contributed by atoms with Gasteiger partial charge in [0, 0.05) is 0 Å². The molecule has 0 radical (unpaired) electrons. The molecular formula is C20H34O12. The number of carbonyl (C=O) groups excluding carboxylic acids is 4. The lowest BCUT2D eigenvalue weighted by Gasteiger charge is -2.01. The SMILES string of the molecule is CCOC(=O)CCC(=O)OCC.CCOC(=O)CCC(=O)OCC.O=C(O)CCC(=O)O. The lowest BCUT2D eigenvalue weighted by atomic mass is 10.3. The van der Waals surface area contributed by atoms with Gasteiger partial charge in [-0.3, -0.25) is 28.8 Å². The van der Waals surface area contributed by atoms with E-state index in [9.17, 15) is 28.8 Å². The van der Waals surface area contributed by atoms with Crippen LogP contribution in [0.5, 0.6) is 0 Å². The number of aliphatic carboxylic acids is 2. The van der Waals surface area contributed by atoms with Gasteiger partial charge in [0.15, 0.2) is 0 Å². The summed E-state index contributed by atoms with van der Waals surface area (Å²) >= 11 is 0. The molecule has 32 heavy (non-hydrogen) atoms. The van der Waals surface area contributed by atoms with E-state index in [4.69, 9.17) is 10.2 Å². The second kappa shape index (κ2) is 24.1. The highest BCUT2D eigenvalue weighted by molar-refractivity contribution is 5.78. The van der Waals surface area contributed by atoms with Crippen molar-refractivity contribution < 1.29 is 57.9 Å². The molecular weight excluding hydrogens is 432 g/mol. The van der Waals surface area contributed by atoms with Crippen LogP contribution in [0.15, 0.2) is 0 Å². The van der Waals surface area contributed by atoms with Crippen molar-refractivity contribution in [3.8, 4) is 0 Å². The fourth-order valence-corrected chi connectivity index (χ4v) is 1.55. The Kier molecular flexibility index (Phi) is 25.2. The van der Waals surface area contributed by atoms with Gasteiger partial charge in [-0.1, -0.05) is 0 Å². The van der Waals surface area contributed by atoms with Gasteiger partial charge in [-0.15, -0.1) is 0 Å². The Labute approximate surface area is 187 Å². The molecule has 0 fully saturated rings. The zero-order chi connectivity index (χ0) is 25.4. The molecule has 0 aromatic carbocycles. The molecule has 0 saturated carbocycles. The van der Waals surface area contributed by atoms with E-state index >= 15 is 0 Å². The molecule has 0 bridgehead atoms. The number of esters is 4. The molecule has 0 aromatic heterocycles. The van der Waals surface area contributed by atoms with Crippen LogP contribution in [-0.4, -0.2) is 72.5 Å². The highest BCUT2D eigenvalue weighted by Gasteiger charge is 2.08. The molecule has 0 rings (SSSR count). The van der Waals surface area contributed by atoms with E-state index in [1.807, 2.05) is 0 Å². The zero-order valence-corrected chi connectivity index (χ0v) is 19.0. The minimum atomic E-state index is -1.08. The fourth-order valence-electron chi connectivity index (χ4n) is 1.55. The van der Waals surface area contributed by atoms with E-state index in [0.29, 0.717) is 26.4 Å². The molecule has 12 nitrogen and oxygen atoms in total. The maximum Gasteiger partial charge on any atom is 0.306 e. The molecule has 0 aromatic rings. The molecule has 0 atom stereocenters. The van der Waals surface area contributed by atoms with E-state index in [1.54, 1.807) is 27.7 Å². The van der Waals surface area contributed by atoms with Crippen LogP contribution in [0.3, 0.4) is 0 Å². The van der Waals surface area contributed by atoms with Gasteiger partial charge in [0.05, 0.1) is 65.0 Å². The van der Waals surface area contributed by atoms with Crippen molar-refractivity contribution in [1.29, 1.82) is 0 Å². The van der Waals surface area contributed by atoms with Gasteiger partial charge in [-0.25, -0.2) is 0 Å². The van der Waals surface area contributed by atoms with Gasteiger partial charge in [0.1, 0.15) is 0 Å². The lowest BCUT2D eigenvalue weighted by Crippen LogP contribution is -2.09. The molecule has 0 heterocycles. The Morgan fingerprint density at radius 1 is 0.438 bits per heavy atom. The third-order valence-corrected chi connectivity index (χ3v) is 2.84. The predicted octanol–water partition coefficient (Wildman–Crippen LogP) is 1.72. The van der Waals surface area contributed by atoms with Crippen LogP contribution in [0.2, 0.25) is 0 Å². The van der Waals surface area contributed by atoms with Crippen LogP contribution < -0.4 is 0 Å². The van der Waals surface area contributed by atoms with Crippen LogP contribution in [0.25, 0.3) is 0 Å². The van der Waals surface area contributed by atoms with Crippen molar-refractivity contribution in [2.45, 2.75) is 66.2 Å². The normalized spacial score (nSPS) is 9.00. The molecule has 186 valence electrons. The number of ether oxygens (including phenoxy) is 4. The molecule has 0 saturated heterocycles. The van der Waals surface area contributed by atoms with Gasteiger partial charge in [-0.2, -0.15) is 0 Å². The largest absolute Gasteiger partial charge is 0.481 e. The van der Waals surface area contributed by atoms with Gasteiger partial charge < -0.3 is 29.2 Å². The summed E-state index contributed by atoms with van der Waals surface area (Å²) in [5.74, 6) is -3.58. The second-order valence-electron chi connectivity index (χ2n) is 5.51. The average molecular weight is 466 g/mol. The summed E-state index contributed by atoms with van der Waals surface area (Å²) in [6.45, 7) is 8.29. The highest BCUT2D eigenvalue weighted by Crippen LogP contribution is 1.96. The standard InChI is InChI=1S/2C8H14O4.C4H6O4/c2*1-3-11-7(9)5-6-8(10)12-4-2;5-3(6)1-2-4(7)8/h2*3-6H2,1-2H3;1-2H2,(H,5,6)(H,7,8). The summed E-state index contributed by atoms with van der Waals surface area (Å²) in [6, 6.07) is 0. The molecule has 0 amide bonds. The van der Waals surface area contributed by atoms with E-state index in [2.05, 4.69) is 18.9 Å². The Balaban J connectivity index is -0.000000404. The topological polar surface area (TPSA) is 180 Å². The van der Waals surface area contributed by atoms with E-state index in [0.717, 1.165) is 0 Å². The third-order valence-electron chi connectivity index (χ3n) is 2.84. The fraction of sp³-hybridized carbons (Fsp3) is 0.700. The lowest BCUT2D eigenvalue weighted by molar-refractivity contribution is -0.149. The maximum atomic E-state index is 10.7. The molecule has 0 spiro atoms. The Hall–Kier alpha value is -3.18. The van der Waals surface area contributed by atoms with Crippen LogP contribution in [0.1, 0.15) is 66.2 Å². The Morgan fingerprint density at radius 2 is 0.625 bits per heavy atom. The molecule has 0 aliphatic rings. The number of rotatable bonds is 13. The van der Waals surface area contributed by atoms with Crippen LogP contribution in [0, 0.1) is 0 Å². The first-order valence-electron chi connectivity index (χ1n) is 10.1. The zero-order valence-electron chi connectivity index (χ0n) is 19.0. The van der Waals surface area contributed by atoms with Crippen LogP contribution in [0.4, 0.5) is 0 Å². The summed E-state index contributed by atoms with van der Waals surface area (Å²) in [6.07, 6.45) is -0.177. The number of hydrogen-bond acceptors (Lipinski definition) is 10. The van der Waals surface area contributed by atoms with Crippen molar-refractivity contribution in [2.24, 2.45) is 0 Å². The average Bonchev–Trinajstić information content (AvgIpc) is 2.71. The first-order chi connectivity index (χ1) is 15.0. The minimum absolute atomic E-state index is 0.104. The van der Waals surface area contributed by atoms with Crippen molar-refractivity contribution in [3.05, 3.63) is 0 Å². The van der Waals surface area contributed by atoms with Crippen molar-refractivity contribution in [1.82, 2.24) is 0 Å². The van der Waals surface area contributed by atoms with E-state index < -0.39 is 11.9 Å². The quantitative estimate of drug-likeness (QED) is 0.297. The van der Waals surface area contributed by atoms with Crippen molar-refractivity contribution >= 4 is 35.8 Å². The number of carboxylic acid groups (broad SMARTS) is 2. The third kappa shape index (κ3) is 31.5. The van der Waals surface area contributed by atoms with Gasteiger partial charge >= 0.3 is 35.8 Å². The number of carboxylic acids is 2. The van der Waals surface area contributed by atoms with Gasteiger partial charge in [0.2, 0.25) is 0 Å². The molecule has 0 aliphatic carbocycles. The first kappa shape index (κ1) is 33.5. The minimum Gasteiger partial charge on any atom is -0.481 e. The number of carbonyl (C=O) groups is 6. The van der Waals surface area contributed by atoms with Crippen molar-refractivity contribution in [2.75, 3.05) is 26.4 Å². The Bertz CT molecular complexity index is 485. The van der Waals surface area contributed by atoms with Gasteiger partial charge in [0.25, 0.3) is 0 Å². The van der Waals surface area contributed by atoms with E-state index in [-0.39, 0.29) is 62.4 Å². The first-order valence-corrected chi connectivity index (χ1v) is 10.1. The van der Waals surface area contributed by atoms with Crippen molar-refractivity contribution in [3.63, 3.8) is 0 Å². The summed E-state index contributed by atoms with van der Waals surface area (Å²) in [4.78, 5) is 62.2. The predicted molar refractivity (Wildman–Crippen MR) is 110 cm³/mol. The molecule has 0 aliphatic heterocycles. The molecule has 0 unspecified atom stereocenters. The summed E-state index contributed by atoms with van der Waals surface area (Å²) in [5, 5.41) is 15.8. The Morgan fingerprint density at radius 3 is 0.750 bits per heavy atom. The monoisotopic (exact) mass is 466 g/mol. The molecule has 2 N–H and O–H groups in total.